The summed E-state index contributed by atoms with van der Waals surface area (Å²) in [6.07, 6.45) is 2.04. The maximum Gasteiger partial charge on any atom is 0.342 e. The average Bonchev–Trinajstić information content (AvgIpc) is 3.26. The molecular formula is C16H14N2O5. The number of rotatable bonds is 5. The van der Waals surface area contributed by atoms with Crippen molar-refractivity contribution in [2.75, 3.05) is 7.11 Å². The number of carbonyl (C=O) groups excluding carboxylic acids is 1. The Balaban J connectivity index is 1.71. The molecule has 7 heteroatoms. The molecule has 118 valence electrons. The third-order valence-electron chi connectivity index (χ3n) is 3.17. The van der Waals surface area contributed by atoms with E-state index in [1.165, 1.54) is 18.6 Å². The molecule has 0 saturated heterocycles. The molecule has 2 aromatic heterocycles. The van der Waals surface area contributed by atoms with Gasteiger partial charge in [-0.15, -0.1) is 10.2 Å². The fourth-order valence-electron chi connectivity index (χ4n) is 1.91. The Bertz CT molecular complexity index is 777. The van der Waals surface area contributed by atoms with Crippen LogP contribution in [0, 0.1) is 0 Å². The fraction of sp³-hybridized carbons (Fsp3) is 0.188. The van der Waals surface area contributed by atoms with Crippen molar-refractivity contribution in [1.82, 2.24) is 10.2 Å². The van der Waals surface area contributed by atoms with Crippen molar-refractivity contribution in [3.8, 4) is 17.2 Å². The number of ether oxygens (including phenoxy) is 2. The molecule has 0 radical (unpaired) electrons. The molecule has 0 amide bonds. The van der Waals surface area contributed by atoms with Gasteiger partial charge in [0.2, 0.25) is 5.89 Å². The van der Waals surface area contributed by atoms with E-state index in [-0.39, 0.29) is 5.89 Å². The molecule has 2 heterocycles. The van der Waals surface area contributed by atoms with Gasteiger partial charge in [-0.3, -0.25) is 0 Å². The maximum atomic E-state index is 11.9. The molecule has 0 aliphatic carbocycles. The molecule has 3 rings (SSSR count). The topological polar surface area (TPSA) is 87.6 Å². The normalized spacial score (nSPS) is 11.9. The Kier molecular flexibility index (Phi) is 4.09. The number of methoxy groups -OCH3 is 1. The summed E-state index contributed by atoms with van der Waals surface area (Å²) in [5.41, 5.74) is 1.07. The number of nitrogens with zero attached hydrogens (tertiary/aromatic N) is 2. The summed E-state index contributed by atoms with van der Waals surface area (Å²) in [4.78, 5) is 11.9. The van der Waals surface area contributed by atoms with Gasteiger partial charge in [-0.05, 0) is 37.3 Å². The predicted octanol–water partition coefficient (Wildman–Crippen LogP) is 3.26. The van der Waals surface area contributed by atoms with Gasteiger partial charge in [0, 0.05) is 5.56 Å². The first-order valence-electron chi connectivity index (χ1n) is 6.88. The van der Waals surface area contributed by atoms with Crippen molar-refractivity contribution in [1.29, 1.82) is 0 Å². The van der Waals surface area contributed by atoms with Gasteiger partial charge in [0.25, 0.3) is 5.89 Å². The quantitative estimate of drug-likeness (QED) is 0.668. The first-order chi connectivity index (χ1) is 11.2. The fourth-order valence-corrected chi connectivity index (χ4v) is 1.91. The number of carbonyl (C=O) groups is 1. The molecule has 0 aliphatic rings. The van der Waals surface area contributed by atoms with E-state index >= 15 is 0 Å². The predicted molar refractivity (Wildman–Crippen MR) is 78.8 cm³/mol. The zero-order valence-electron chi connectivity index (χ0n) is 12.6. The second-order valence-electron chi connectivity index (χ2n) is 4.73. The molecule has 1 aromatic carbocycles. The minimum atomic E-state index is -0.670. The van der Waals surface area contributed by atoms with E-state index in [0.717, 1.165) is 11.3 Å². The molecule has 3 aromatic rings. The number of furan rings is 1. The number of esters is 1. The molecule has 23 heavy (non-hydrogen) atoms. The van der Waals surface area contributed by atoms with Crippen LogP contribution in [0.5, 0.6) is 5.75 Å². The third kappa shape index (κ3) is 3.23. The molecule has 1 unspecified atom stereocenters. The van der Waals surface area contributed by atoms with Crippen molar-refractivity contribution in [2.45, 2.75) is 13.0 Å². The molecule has 1 atom stereocenters. The van der Waals surface area contributed by atoms with E-state index in [2.05, 4.69) is 10.2 Å². The highest BCUT2D eigenvalue weighted by atomic mass is 16.6. The van der Waals surface area contributed by atoms with Gasteiger partial charge in [0.1, 0.15) is 12.0 Å². The summed E-state index contributed by atoms with van der Waals surface area (Å²) in [5, 5.41) is 7.89. The zero-order chi connectivity index (χ0) is 16.2. The maximum absolute atomic E-state index is 11.9. The van der Waals surface area contributed by atoms with Crippen molar-refractivity contribution >= 4 is 5.97 Å². The van der Waals surface area contributed by atoms with Gasteiger partial charge in [-0.25, -0.2) is 4.79 Å². The van der Waals surface area contributed by atoms with Crippen LogP contribution in [0.1, 0.15) is 29.3 Å². The summed E-state index contributed by atoms with van der Waals surface area (Å²) in [6.45, 7) is 1.66. The first kappa shape index (κ1) is 14.8. The van der Waals surface area contributed by atoms with Crippen molar-refractivity contribution in [3.05, 3.63) is 54.3 Å². The lowest BCUT2D eigenvalue weighted by Crippen LogP contribution is -2.08. The van der Waals surface area contributed by atoms with E-state index in [4.69, 9.17) is 18.3 Å². The lowest BCUT2D eigenvalue weighted by molar-refractivity contribution is 0.0279. The Labute approximate surface area is 131 Å². The highest BCUT2D eigenvalue weighted by molar-refractivity contribution is 5.88. The summed E-state index contributed by atoms with van der Waals surface area (Å²) in [7, 11) is 1.59. The number of benzene rings is 1. The smallest absolute Gasteiger partial charge is 0.342 e. The Morgan fingerprint density at radius 2 is 1.96 bits per heavy atom. The Morgan fingerprint density at radius 1 is 1.17 bits per heavy atom. The largest absolute Gasteiger partial charge is 0.497 e. The SMILES string of the molecule is COc1ccc(-c2nnc(C(C)OC(=O)c3ccoc3)o2)cc1. The van der Waals surface area contributed by atoms with Gasteiger partial charge < -0.3 is 18.3 Å². The summed E-state index contributed by atoms with van der Waals surface area (Å²) >= 11 is 0. The highest BCUT2D eigenvalue weighted by Crippen LogP contribution is 2.24. The molecule has 0 N–H and O–H groups in total. The summed E-state index contributed by atoms with van der Waals surface area (Å²) < 4.78 is 20.7. The highest BCUT2D eigenvalue weighted by Gasteiger charge is 2.20. The Hall–Kier alpha value is -3.09. The van der Waals surface area contributed by atoms with Crippen LogP contribution in [0.25, 0.3) is 11.5 Å². The number of hydrogen-bond donors (Lipinski definition) is 0. The van der Waals surface area contributed by atoms with E-state index in [9.17, 15) is 4.79 Å². The summed E-state index contributed by atoms with van der Waals surface area (Å²) in [6, 6.07) is 8.71. The lowest BCUT2D eigenvalue weighted by Gasteiger charge is -2.07. The molecular weight excluding hydrogens is 300 g/mol. The standard InChI is InChI=1S/C16H14N2O5/c1-10(22-16(19)12-7-8-21-9-12)14-17-18-15(23-14)11-3-5-13(20-2)6-4-11/h3-10H,1-2H3. The van der Waals surface area contributed by atoms with Crippen molar-refractivity contribution in [3.63, 3.8) is 0 Å². The van der Waals surface area contributed by atoms with Gasteiger partial charge in [0.05, 0.1) is 18.9 Å². The van der Waals surface area contributed by atoms with E-state index < -0.39 is 12.1 Å². The zero-order valence-corrected chi connectivity index (χ0v) is 12.6. The van der Waals surface area contributed by atoms with Crippen molar-refractivity contribution in [2.24, 2.45) is 0 Å². The minimum absolute atomic E-state index is 0.215. The van der Waals surface area contributed by atoms with Crippen LogP contribution in [0.15, 0.2) is 51.7 Å². The Morgan fingerprint density at radius 3 is 2.61 bits per heavy atom. The van der Waals surface area contributed by atoms with Crippen molar-refractivity contribution < 1.29 is 23.1 Å². The van der Waals surface area contributed by atoms with Crippen LogP contribution in [0.2, 0.25) is 0 Å². The van der Waals surface area contributed by atoms with Crippen LogP contribution < -0.4 is 4.74 Å². The number of aromatic nitrogens is 2. The lowest BCUT2D eigenvalue weighted by atomic mass is 10.2. The van der Waals surface area contributed by atoms with Crippen LogP contribution >= 0.6 is 0 Å². The van der Waals surface area contributed by atoms with Crippen LogP contribution in [0.3, 0.4) is 0 Å². The average molecular weight is 314 g/mol. The molecule has 0 saturated carbocycles. The van der Waals surface area contributed by atoms with Gasteiger partial charge in [-0.2, -0.15) is 0 Å². The molecule has 0 bridgehead atoms. The van der Waals surface area contributed by atoms with E-state index in [0.29, 0.717) is 11.5 Å². The van der Waals surface area contributed by atoms with Crippen LogP contribution in [-0.4, -0.2) is 23.3 Å². The monoisotopic (exact) mass is 314 g/mol. The minimum Gasteiger partial charge on any atom is -0.497 e. The van der Waals surface area contributed by atoms with Gasteiger partial charge in [-0.1, -0.05) is 0 Å². The molecule has 0 fully saturated rings. The third-order valence-corrected chi connectivity index (χ3v) is 3.17. The second-order valence-corrected chi connectivity index (χ2v) is 4.73. The molecule has 0 aliphatic heterocycles. The van der Waals surface area contributed by atoms with Gasteiger partial charge >= 0.3 is 5.97 Å². The second kappa shape index (κ2) is 6.35. The molecule has 0 spiro atoms. The van der Waals surface area contributed by atoms with E-state index in [1.54, 1.807) is 38.3 Å². The summed E-state index contributed by atoms with van der Waals surface area (Å²) in [5.74, 6) is 0.771. The van der Waals surface area contributed by atoms with Crippen LogP contribution in [-0.2, 0) is 4.74 Å². The first-order valence-corrected chi connectivity index (χ1v) is 6.88. The van der Waals surface area contributed by atoms with Gasteiger partial charge in [0.15, 0.2) is 6.10 Å². The van der Waals surface area contributed by atoms with E-state index in [1.807, 2.05) is 0 Å². The molecule has 7 nitrogen and oxygen atoms in total. The van der Waals surface area contributed by atoms with Crippen LogP contribution in [0.4, 0.5) is 0 Å². The number of hydrogen-bond acceptors (Lipinski definition) is 7.